The van der Waals surface area contributed by atoms with Crippen LogP contribution in [-0.2, 0) is 4.74 Å². The van der Waals surface area contributed by atoms with Crippen LogP contribution >= 0.6 is 0 Å². The molecule has 70 valence electrons. The van der Waals surface area contributed by atoms with Gasteiger partial charge in [-0.1, -0.05) is 19.9 Å². The maximum Gasteiger partial charge on any atom is 0.107 e. The molecule has 0 aromatic carbocycles. The molecule has 4 atom stereocenters. The molecule has 1 rings (SSSR count). The first kappa shape index (κ1) is 9.75. The molecule has 1 heterocycles. The summed E-state index contributed by atoms with van der Waals surface area (Å²) < 4.78 is 5.29. The molecule has 0 unspecified atom stereocenters. The highest BCUT2D eigenvalue weighted by Crippen LogP contribution is 2.32. The van der Waals surface area contributed by atoms with Gasteiger partial charge in [-0.3, -0.25) is 0 Å². The van der Waals surface area contributed by atoms with E-state index in [1.807, 2.05) is 6.08 Å². The third-order valence-electron chi connectivity index (χ3n) is 2.51. The van der Waals surface area contributed by atoms with Crippen LogP contribution < -0.4 is 0 Å². The minimum Gasteiger partial charge on any atom is -0.394 e. The second-order valence-electron chi connectivity index (χ2n) is 3.75. The molecule has 12 heavy (non-hydrogen) atoms. The Hall–Kier alpha value is -0.340. The van der Waals surface area contributed by atoms with Crippen molar-refractivity contribution in [3.05, 3.63) is 12.7 Å². The summed E-state index contributed by atoms with van der Waals surface area (Å²) in [6.07, 6.45) is 3.46. The van der Waals surface area contributed by atoms with Crippen molar-refractivity contribution in [2.75, 3.05) is 6.61 Å². The molecule has 2 heteroatoms. The van der Waals surface area contributed by atoms with Crippen molar-refractivity contribution >= 4 is 0 Å². The maximum atomic E-state index is 8.77. The topological polar surface area (TPSA) is 32.8 Å². The van der Waals surface area contributed by atoms with Gasteiger partial charge < -0.3 is 9.84 Å². The van der Waals surface area contributed by atoms with Crippen molar-refractivity contribution in [3.8, 4) is 0 Å². The lowest BCUT2D eigenvalue weighted by Gasteiger charge is -2.11. The summed E-state index contributed by atoms with van der Waals surface area (Å²) in [5, 5.41) is 8.77. The Bertz CT molecular complexity index is 156. The molecular weight excluding hydrogens is 152 g/mol. The number of allylic oxidation sites excluding steroid dienone is 1. The molecule has 0 aromatic heterocycles. The van der Waals surface area contributed by atoms with Gasteiger partial charge in [-0.2, -0.15) is 0 Å². The van der Waals surface area contributed by atoms with Crippen LogP contribution in [0.2, 0.25) is 0 Å². The minimum absolute atomic E-state index is 0.108. The molecule has 0 aliphatic carbocycles. The van der Waals surface area contributed by atoms with E-state index in [-0.39, 0.29) is 18.8 Å². The van der Waals surface area contributed by atoms with Gasteiger partial charge >= 0.3 is 0 Å². The molecular formula is C10H18O2. The highest BCUT2D eigenvalue weighted by molar-refractivity contribution is 4.90. The minimum atomic E-state index is 0.108. The third kappa shape index (κ3) is 2.32. The van der Waals surface area contributed by atoms with Crippen LogP contribution in [0.1, 0.15) is 20.3 Å². The number of hydrogen-bond acceptors (Lipinski definition) is 2. The van der Waals surface area contributed by atoms with Crippen molar-refractivity contribution < 1.29 is 9.84 Å². The van der Waals surface area contributed by atoms with Gasteiger partial charge in [0, 0.05) is 0 Å². The van der Waals surface area contributed by atoms with Crippen LogP contribution in [0.25, 0.3) is 0 Å². The molecule has 1 aliphatic rings. The fraction of sp³-hybridized carbons (Fsp3) is 0.800. The highest BCUT2D eigenvalue weighted by Gasteiger charge is 2.42. The second-order valence-corrected chi connectivity index (χ2v) is 3.75. The monoisotopic (exact) mass is 170 g/mol. The first-order valence-electron chi connectivity index (χ1n) is 4.58. The maximum absolute atomic E-state index is 8.77. The molecule has 1 fully saturated rings. The van der Waals surface area contributed by atoms with E-state index in [2.05, 4.69) is 20.4 Å². The summed E-state index contributed by atoms with van der Waals surface area (Å²) in [7, 11) is 0. The molecule has 1 N–H and O–H groups in total. The van der Waals surface area contributed by atoms with Crippen LogP contribution in [-0.4, -0.2) is 23.9 Å². The Kier molecular flexibility index (Phi) is 3.29. The summed E-state index contributed by atoms with van der Waals surface area (Å²) in [6.45, 7) is 8.23. The molecule has 2 nitrogen and oxygen atoms in total. The summed E-state index contributed by atoms with van der Waals surface area (Å²) in [6, 6.07) is 0. The molecule has 1 saturated heterocycles. The second kappa shape index (κ2) is 4.06. The van der Waals surface area contributed by atoms with Gasteiger partial charge in [0.1, 0.15) is 6.10 Å². The van der Waals surface area contributed by atoms with Crippen molar-refractivity contribution in [2.24, 2.45) is 11.8 Å². The first-order valence-corrected chi connectivity index (χ1v) is 4.58. The van der Waals surface area contributed by atoms with E-state index in [4.69, 9.17) is 9.84 Å². The summed E-state index contributed by atoms with van der Waals surface area (Å²) in [4.78, 5) is 0. The van der Waals surface area contributed by atoms with Crippen LogP contribution in [0.3, 0.4) is 0 Å². The van der Waals surface area contributed by atoms with Crippen molar-refractivity contribution in [1.82, 2.24) is 0 Å². The SMILES string of the molecule is C=C[C@H](C)C[C@H](C)[C@H]1O[C@@H]1CO. The van der Waals surface area contributed by atoms with Crippen LogP contribution in [0, 0.1) is 11.8 Å². The number of ether oxygens (including phenoxy) is 1. The normalized spacial score (nSPS) is 32.6. The Morgan fingerprint density at radius 2 is 2.25 bits per heavy atom. The molecule has 1 aliphatic heterocycles. The predicted octanol–water partition coefficient (Wildman–Crippen LogP) is 1.59. The average molecular weight is 170 g/mol. The van der Waals surface area contributed by atoms with Gasteiger partial charge in [-0.15, -0.1) is 6.58 Å². The average Bonchev–Trinajstić information content (AvgIpc) is 2.82. The van der Waals surface area contributed by atoms with E-state index in [1.54, 1.807) is 0 Å². The van der Waals surface area contributed by atoms with Gasteiger partial charge in [-0.05, 0) is 18.3 Å². The quantitative estimate of drug-likeness (QED) is 0.502. The van der Waals surface area contributed by atoms with Crippen molar-refractivity contribution in [3.63, 3.8) is 0 Å². The molecule has 0 radical (unpaired) electrons. The zero-order valence-electron chi connectivity index (χ0n) is 7.86. The zero-order valence-corrected chi connectivity index (χ0v) is 7.86. The number of aliphatic hydroxyl groups is 1. The lowest BCUT2D eigenvalue weighted by molar-refractivity contribution is 0.238. The smallest absolute Gasteiger partial charge is 0.107 e. The van der Waals surface area contributed by atoms with Crippen molar-refractivity contribution in [1.29, 1.82) is 0 Å². The standard InChI is InChI=1S/C10H18O2/c1-4-7(2)5-8(3)10-9(6-11)12-10/h4,7-11H,1,5-6H2,2-3H3/t7-,8-,9+,10+/m0/s1. The number of aliphatic hydroxyl groups excluding tert-OH is 1. The fourth-order valence-corrected chi connectivity index (χ4v) is 1.62. The van der Waals surface area contributed by atoms with Gasteiger partial charge in [0.2, 0.25) is 0 Å². The lowest BCUT2D eigenvalue weighted by atomic mass is 9.93. The Balaban J connectivity index is 2.21. The number of epoxide rings is 1. The molecule has 0 bridgehead atoms. The summed E-state index contributed by atoms with van der Waals surface area (Å²) >= 11 is 0. The van der Waals surface area contributed by atoms with Gasteiger partial charge in [-0.25, -0.2) is 0 Å². The largest absolute Gasteiger partial charge is 0.394 e. The Morgan fingerprint density at radius 3 is 2.67 bits per heavy atom. The Morgan fingerprint density at radius 1 is 1.58 bits per heavy atom. The fourth-order valence-electron chi connectivity index (χ4n) is 1.62. The lowest BCUT2D eigenvalue weighted by Crippen LogP contribution is -2.11. The van der Waals surface area contributed by atoms with Crippen LogP contribution in [0.4, 0.5) is 0 Å². The van der Waals surface area contributed by atoms with Gasteiger partial charge in [0.25, 0.3) is 0 Å². The number of rotatable bonds is 5. The van der Waals surface area contributed by atoms with E-state index < -0.39 is 0 Å². The van der Waals surface area contributed by atoms with Gasteiger partial charge in [0.15, 0.2) is 0 Å². The zero-order chi connectivity index (χ0) is 9.14. The van der Waals surface area contributed by atoms with Crippen molar-refractivity contribution in [2.45, 2.75) is 32.5 Å². The van der Waals surface area contributed by atoms with Crippen LogP contribution in [0.5, 0.6) is 0 Å². The summed E-state index contributed by atoms with van der Waals surface area (Å²) in [5.41, 5.74) is 0. The number of hydrogen-bond donors (Lipinski definition) is 1. The predicted molar refractivity (Wildman–Crippen MR) is 48.9 cm³/mol. The van der Waals surface area contributed by atoms with E-state index in [1.165, 1.54) is 0 Å². The van der Waals surface area contributed by atoms with E-state index in [0.717, 1.165) is 6.42 Å². The Labute approximate surface area is 74.2 Å². The highest BCUT2D eigenvalue weighted by atomic mass is 16.6. The molecule has 0 aromatic rings. The van der Waals surface area contributed by atoms with Crippen LogP contribution in [0.15, 0.2) is 12.7 Å². The summed E-state index contributed by atoms with van der Waals surface area (Å²) in [5.74, 6) is 1.08. The molecule has 0 saturated carbocycles. The van der Waals surface area contributed by atoms with E-state index in [0.29, 0.717) is 11.8 Å². The first-order chi connectivity index (χ1) is 5.69. The third-order valence-corrected chi connectivity index (χ3v) is 2.51. The van der Waals surface area contributed by atoms with E-state index in [9.17, 15) is 0 Å². The molecule has 0 amide bonds. The van der Waals surface area contributed by atoms with Gasteiger partial charge in [0.05, 0.1) is 12.7 Å². The van der Waals surface area contributed by atoms with E-state index >= 15 is 0 Å². The molecule has 0 spiro atoms.